The van der Waals surface area contributed by atoms with E-state index >= 15 is 0 Å². The Bertz CT molecular complexity index is 402. The van der Waals surface area contributed by atoms with Crippen LogP contribution in [-0.2, 0) is 11.2 Å². The van der Waals surface area contributed by atoms with E-state index in [0.717, 1.165) is 43.6 Å². The lowest BCUT2D eigenvalue weighted by atomic mass is 10.1. The molecule has 0 bridgehead atoms. The topological polar surface area (TPSA) is 61.4 Å². The summed E-state index contributed by atoms with van der Waals surface area (Å²) in [6.45, 7) is 4.99. The van der Waals surface area contributed by atoms with Crippen LogP contribution in [0.25, 0.3) is 0 Å². The Morgan fingerprint density at radius 3 is 2.58 bits per heavy atom. The van der Waals surface area contributed by atoms with Gasteiger partial charge in [0.25, 0.3) is 5.91 Å². The highest BCUT2D eigenvalue weighted by atomic mass is 16.5. The van der Waals surface area contributed by atoms with Gasteiger partial charge < -0.3 is 9.80 Å². The van der Waals surface area contributed by atoms with Gasteiger partial charge in [-0.15, -0.1) is 0 Å². The van der Waals surface area contributed by atoms with Crippen molar-refractivity contribution in [3.05, 3.63) is 35.9 Å². The van der Waals surface area contributed by atoms with Gasteiger partial charge in [-0.3, -0.25) is 10.0 Å². The van der Waals surface area contributed by atoms with E-state index in [-0.39, 0.29) is 5.91 Å². The molecule has 104 valence electrons. The fraction of sp³-hybridized carbons (Fsp3) is 0.500. The average Bonchev–Trinajstić information content (AvgIpc) is 2.47. The SMILES string of the molecule is O=C(C[N+]1(CCc2ccccc2)CCNCC1)NO. The van der Waals surface area contributed by atoms with Gasteiger partial charge in [0.2, 0.25) is 0 Å². The second-order valence-corrected chi connectivity index (χ2v) is 5.19. The molecule has 0 spiro atoms. The molecule has 1 aliphatic heterocycles. The molecular weight excluding hydrogens is 242 g/mol. The van der Waals surface area contributed by atoms with E-state index < -0.39 is 0 Å². The number of piperazine rings is 1. The van der Waals surface area contributed by atoms with Crippen LogP contribution >= 0.6 is 0 Å². The largest absolute Gasteiger partial charge is 0.313 e. The van der Waals surface area contributed by atoms with Crippen LogP contribution in [0, 0.1) is 0 Å². The highest BCUT2D eigenvalue weighted by Crippen LogP contribution is 2.12. The number of hydrogen-bond acceptors (Lipinski definition) is 3. The first-order valence-electron chi connectivity index (χ1n) is 6.77. The van der Waals surface area contributed by atoms with Crippen LogP contribution < -0.4 is 10.8 Å². The van der Waals surface area contributed by atoms with E-state index in [0.29, 0.717) is 6.54 Å². The minimum atomic E-state index is -0.296. The fourth-order valence-electron chi connectivity index (χ4n) is 2.68. The molecular formula is C14H22N3O2+. The minimum Gasteiger partial charge on any atom is -0.313 e. The molecule has 2 rings (SSSR count). The van der Waals surface area contributed by atoms with E-state index in [1.54, 1.807) is 5.48 Å². The van der Waals surface area contributed by atoms with Gasteiger partial charge in [0, 0.05) is 19.5 Å². The Hall–Kier alpha value is -1.43. The van der Waals surface area contributed by atoms with Crippen LogP contribution in [0.2, 0.25) is 0 Å². The smallest absolute Gasteiger partial charge is 0.298 e. The number of nitrogens with zero attached hydrogens (tertiary/aromatic N) is 1. The van der Waals surface area contributed by atoms with Crippen molar-refractivity contribution in [1.29, 1.82) is 0 Å². The summed E-state index contributed by atoms with van der Waals surface area (Å²) in [4.78, 5) is 11.5. The van der Waals surface area contributed by atoms with Gasteiger partial charge in [-0.1, -0.05) is 30.3 Å². The van der Waals surface area contributed by atoms with Gasteiger partial charge in [-0.25, -0.2) is 5.48 Å². The Morgan fingerprint density at radius 1 is 1.26 bits per heavy atom. The molecule has 0 unspecified atom stereocenters. The second kappa shape index (κ2) is 6.65. The van der Waals surface area contributed by atoms with Crippen LogP contribution in [-0.4, -0.2) is 54.9 Å². The molecule has 1 fully saturated rings. The molecule has 19 heavy (non-hydrogen) atoms. The lowest BCUT2D eigenvalue weighted by molar-refractivity contribution is -0.922. The predicted octanol–water partition coefficient (Wildman–Crippen LogP) is 0.155. The standard InChI is InChI=1S/C14H21N3O2/c18-14(16-19)12-17(10-7-15-8-11-17)9-6-13-4-2-1-3-5-13/h1-5,15H,6-12H2,(H-,16,18,19)/p+1. The number of benzene rings is 1. The van der Waals surface area contributed by atoms with Crippen LogP contribution in [0.15, 0.2) is 30.3 Å². The van der Waals surface area contributed by atoms with Crippen molar-refractivity contribution in [2.24, 2.45) is 0 Å². The first kappa shape index (κ1) is 14.0. The number of hydroxylamine groups is 1. The van der Waals surface area contributed by atoms with Crippen molar-refractivity contribution in [3.63, 3.8) is 0 Å². The van der Waals surface area contributed by atoms with Gasteiger partial charge in [0.15, 0.2) is 6.54 Å². The zero-order valence-corrected chi connectivity index (χ0v) is 11.1. The van der Waals surface area contributed by atoms with Crippen molar-refractivity contribution in [2.45, 2.75) is 6.42 Å². The lowest BCUT2D eigenvalue weighted by Crippen LogP contribution is -2.62. The molecule has 3 N–H and O–H groups in total. The molecule has 1 aliphatic rings. The molecule has 1 aromatic carbocycles. The first-order chi connectivity index (χ1) is 9.24. The summed E-state index contributed by atoms with van der Waals surface area (Å²) in [5.41, 5.74) is 3.05. The first-order valence-corrected chi connectivity index (χ1v) is 6.77. The molecule has 0 atom stereocenters. The Labute approximate surface area is 113 Å². The van der Waals surface area contributed by atoms with Crippen LogP contribution in [0.4, 0.5) is 0 Å². The Morgan fingerprint density at radius 2 is 1.95 bits per heavy atom. The number of carbonyl (C=O) groups excluding carboxylic acids is 1. The number of hydrogen-bond donors (Lipinski definition) is 3. The van der Waals surface area contributed by atoms with Crippen molar-refractivity contribution in [3.8, 4) is 0 Å². The van der Waals surface area contributed by atoms with Crippen LogP contribution in [0.1, 0.15) is 5.56 Å². The third-order valence-electron chi connectivity index (χ3n) is 3.85. The number of amides is 1. The molecule has 1 amide bonds. The summed E-state index contributed by atoms with van der Waals surface area (Å²) in [5.74, 6) is -0.296. The number of nitrogens with one attached hydrogen (secondary N) is 2. The van der Waals surface area contributed by atoms with Crippen LogP contribution in [0.5, 0.6) is 0 Å². The maximum Gasteiger partial charge on any atom is 0.298 e. The molecule has 0 aliphatic carbocycles. The van der Waals surface area contributed by atoms with Gasteiger partial charge in [-0.05, 0) is 5.56 Å². The van der Waals surface area contributed by atoms with E-state index in [4.69, 9.17) is 5.21 Å². The highest BCUT2D eigenvalue weighted by molar-refractivity contribution is 5.75. The second-order valence-electron chi connectivity index (χ2n) is 5.19. The summed E-state index contributed by atoms with van der Waals surface area (Å²) >= 11 is 0. The molecule has 0 saturated carbocycles. The van der Waals surface area contributed by atoms with Gasteiger partial charge in [0.1, 0.15) is 0 Å². The maximum absolute atomic E-state index is 11.5. The normalized spacial score (nSPS) is 17.9. The van der Waals surface area contributed by atoms with E-state index in [2.05, 4.69) is 17.4 Å². The average molecular weight is 264 g/mol. The van der Waals surface area contributed by atoms with Gasteiger partial charge in [-0.2, -0.15) is 0 Å². The van der Waals surface area contributed by atoms with E-state index in [1.807, 2.05) is 18.2 Å². The van der Waals surface area contributed by atoms with Crippen LogP contribution in [0.3, 0.4) is 0 Å². The Kier molecular flexibility index (Phi) is 4.90. The third kappa shape index (κ3) is 4.02. The molecule has 5 nitrogen and oxygen atoms in total. The summed E-state index contributed by atoms with van der Waals surface area (Å²) < 4.78 is 0.744. The molecule has 0 aromatic heterocycles. The lowest BCUT2D eigenvalue weighted by Gasteiger charge is -2.41. The van der Waals surface area contributed by atoms with Crippen molar-refractivity contribution < 1.29 is 14.5 Å². The third-order valence-corrected chi connectivity index (χ3v) is 3.85. The zero-order chi connectivity index (χ0) is 13.6. The van der Waals surface area contributed by atoms with E-state index in [9.17, 15) is 4.79 Å². The highest BCUT2D eigenvalue weighted by Gasteiger charge is 2.31. The van der Waals surface area contributed by atoms with Gasteiger partial charge >= 0.3 is 0 Å². The molecule has 5 heteroatoms. The quantitative estimate of drug-likeness (QED) is 0.403. The number of quaternary nitrogens is 1. The summed E-state index contributed by atoms with van der Waals surface area (Å²) in [6.07, 6.45) is 0.958. The van der Waals surface area contributed by atoms with Crippen molar-refractivity contribution in [1.82, 2.24) is 10.8 Å². The number of rotatable bonds is 5. The summed E-state index contributed by atoms with van der Waals surface area (Å²) in [7, 11) is 0. The minimum absolute atomic E-state index is 0.296. The molecule has 1 saturated heterocycles. The number of carbonyl (C=O) groups is 1. The fourth-order valence-corrected chi connectivity index (χ4v) is 2.68. The monoisotopic (exact) mass is 264 g/mol. The molecule has 1 heterocycles. The zero-order valence-electron chi connectivity index (χ0n) is 11.1. The maximum atomic E-state index is 11.5. The molecule has 0 radical (unpaired) electrons. The molecule has 1 aromatic rings. The van der Waals surface area contributed by atoms with Crippen molar-refractivity contribution >= 4 is 5.91 Å². The van der Waals surface area contributed by atoms with E-state index in [1.165, 1.54) is 5.56 Å². The summed E-state index contributed by atoms with van der Waals surface area (Å²) in [5, 5.41) is 12.1. The predicted molar refractivity (Wildman–Crippen MR) is 72.7 cm³/mol. The van der Waals surface area contributed by atoms with Gasteiger partial charge in [0.05, 0.1) is 19.6 Å². The summed E-state index contributed by atoms with van der Waals surface area (Å²) in [6, 6.07) is 10.3. The Balaban J connectivity index is 1.99. The van der Waals surface area contributed by atoms with Crippen molar-refractivity contribution in [2.75, 3.05) is 39.3 Å².